The van der Waals surface area contributed by atoms with Gasteiger partial charge in [0.2, 0.25) is 17.7 Å². The van der Waals surface area contributed by atoms with Gasteiger partial charge in [-0.1, -0.05) is 0 Å². The van der Waals surface area contributed by atoms with Crippen LogP contribution in [0.2, 0.25) is 0 Å². The van der Waals surface area contributed by atoms with Crippen LogP contribution < -0.4 is 33.2 Å². The number of rotatable bonds is 9. The molecule has 0 radical (unpaired) electrons. The number of hydrogen-bond donors (Lipinski definition) is 6. The first-order valence-corrected chi connectivity index (χ1v) is 19.9. The fraction of sp³-hybridized carbons (Fsp3) is 0.571. The molecular weight excluding hydrogens is 679 g/mol. The van der Waals surface area contributed by atoms with Gasteiger partial charge in [0.15, 0.2) is 0 Å². The van der Waals surface area contributed by atoms with Crippen molar-refractivity contribution < 1.29 is 14.4 Å². The van der Waals surface area contributed by atoms with Gasteiger partial charge in [0, 0.05) is 90.1 Å². The van der Waals surface area contributed by atoms with Gasteiger partial charge in [0.25, 0.3) is 0 Å². The Bertz CT molecular complexity index is 1330. The van der Waals surface area contributed by atoms with E-state index in [9.17, 15) is 14.4 Å². The highest BCUT2D eigenvalue weighted by atomic mass is 16.2. The number of nitrogens with zero attached hydrogens (tertiary/aromatic N) is 3. The Morgan fingerprint density at radius 1 is 0.444 bits per heavy atom. The summed E-state index contributed by atoms with van der Waals surface area (Å²) in [6, 6.07) is 11.6. The molecule has 0 saturated heterocycles. The number of carbonyl (C=O) groups is 3. The summed E-state index contributed by atoms with van der Waals surface area (Å²) in [5, 5.41) is 8.84. The minimum atomic E-state index is 0.129. The van der Waals surface area contributed by atoms with Gasteiger partial charge in [-0.25, -0.2) is 0 Å². The molecule has 3 heterocycles. The second-order valence-corrected chi connectivity index (χ2v) is 15.6. The van der Waals surface area contributed by atoms with Crippen LogP contribution in [0.4, 0.5) is 17.1 Å². The summed E-state index contributed by atoms with van der Waals surface area (Å²) < 4.78 is 0. The quantitative estimate of drug-likeness (QED) is 0.141. The van der Waals surface area contributed by atoms with Crippen molar-refractivity contribution in [2.45, 2.75) is 116 Å². The molecule has 3 aliphatic carbocycles. The Balaban J connectivity index is 0.000000180. The summed E-state index contributed by atoms with van der Waals surface area (Å²) in [5.41, 5.74) is 20.2. The number of nitrogens with one attached hydrogen (secondary N) is 3. The van der Waals surface area contributed by atoms with Crippen LogP contribution in [0.3, 0.4) is 0 Å². The van der Waals surface area contributed by atoms with E-state index in [0.717, 1.165) is 94.1 Å². The van der Waals surface area contributed by atoms with Gasteiger partial charge in [-0.3, -0.25) is 29.3 Å². The number of hydrogen-bond acceptors (Lipinski definition) is 9. The molecule has 12 nitrogen and oxygen atoms in total. The molecule has 6 rings (SSSR count). The van der Waals surface area contributed by atoms with Crippen LogP contribution in [-0.2, 0) is 14.4 Å². The number of amides is 3. The molecule has 3 fully saturated rings. The van der Waals surface area contributed by atoms with Crippen molar-refractivity contribution in [3.63, 3.8) is 0 Å². The summed E-state index contributed by atoms with van der Waals surface area (Å²) in [6.07, 6.45) is 22.2. The van der Waals surface area contributed by atoms with Gasteiger partial charge in [0.1, 0.15) is 0 Å². The summed E-state index contributed by atoms with van der Waals surface area (Å²) in [7, 11) is 0. The predicted octanol–water partition coefficient (Wildman–Crippen LogP) is 6.52. The lowest BCUT2D eigenvalue weighted by Crippen LogP contribution is -2.33. The maximum Gasteiger partial charge on any atom is 0.227 e. The molecule has 3 aromatic heterocycles. The Morgan fingerprint density at radius 3 is 0.833 bits per heavy atom. The molecule has 0 unspecified atom stereocenters. The van der Waals surface area contributed by atoms with E-state index in [-0.39, 0.29) is 53.6 Å². The van der Waals surface area contributed by atoms with E-state index >= 15 is 0 Å². The number of pyridine rings is 3. The topological polar surface area (TPSA) is 204 Å². The third-order valence-electron chi connectivity index (χ3n) is 11.5. The highest BCUT2D eigenvalue weighted by Crippen LogP contribution is 2.33. The van der Waals surface area contributed by atoms with E-state index in [4.69, 9.17) is 17.2 Å². The minimum absolute atomic E-state index is 0.129. The number of carbonyl (C=O) groups excluding carboxylic acids is 3. The summed E-state index contributed by atoms with van der Waals surface area (Å²) in [5.74, 6) is 2.52. The molecule has 0 bridgehead atoms. The highest BCUT2D eigenvalue weighted by molar-refractivity contribution is 5.93. The summed E-state index contributed by atoms with van der Waals surface area (Å²) >= 11 is 0. The van der Waals surface area contributed by atoms with E-state index in [1.807, 2.05) is 36.4 Å². The van der Waals surface area contributed by atoms with Gasteiger partial charge in [-0.15, -0.1) is 0 Å². The van der Waals surface area contributed by atoms with Crippen molar-refractivity contribution in [1.29, 1.82) is 0 Å². The Labute approximate surface area is 321 Å². The lowest BCUT2D eigenvalue weighted by molar-refractivity contribution is -0.121. The third kappa shape index (κ3) is 14.2. The van der Waals surface area contributed by atoms with Crippen LogP contribution in [0.1, 0.15) is 97.8 Å². The zero-order valence-electron chi connectivity index (χ0n) is 32.4. The first-order valence-electron chi connectivity index (χ1n) is 19.9. The van der Waals surface area contributed by atoms with Crippen LogP contribution in [0.25, 0.3) is 0 Å². The van der Waals surface area contributed by atoms with Gasteiger partial charge in [0.05, 0.1) is 0 Å². The maximum absolute atomic E-state index is 12.1. The van der Waals surface area contributed by atoms with Gasteiger partial charge >= 0.3 is 0 Å². The van der Waals surface area contributed by atoms with E-state index in [2.05, 4.69) is 51.7 Å². The lowest BCUT2D eigenvalue weighted by atomic mass is 9.79. The fourth-order valence-corrected chi connectivity index (χ4v) is 7.76. The Morgan fingerprint density at radius 2 is 0.648 bits per heavy atom. The van der Waals surface area contributed by atoms with Crippen molar-refractivity contribution in [2.75, 3.05) is 16.0 Å². The van der Waals surface area contributed by atoms with E-state index in [1.54, 1.807) is 37.2 Å². The molecule has 0 aliphatic heterocycles. The SMILES string of the molecule is C[C@@H](N)C1CCC(C(=O)Nc2ccncc2)CC1.C[C@@H](N)C1CCC(C(=O)Nc2ccncc2)CC1.C[C@@H](N)C1CCC(C(=O)Nc2ccncc2)CC1. The van der Waals surface area contributed by atoms with Crippen molar-refractivity contribution >= 4 is 34.8 Å². The maximum atomic E-state index is 12.1. The van der Waals surface area contributed by atoms with Gasteiger partial charge < -0.3 is 33.2 Å². The van der Waals surface area contributed by atoms with Crippen molar-refractivity contribution in [3.05, 3.63) is 73.6 Å². The fourth-order valence-electron chi connectivity index (χ4n) is 7.76. The average molecular weight is 742 g/mol. The molecule has 9 N–H and O–H groups in total. The van der Waals surface area contributed by atoms with Crippen LogP contribution in [0.5, 0.6) is 0 Å². The zero-order chi connectivity index (χ0) is 38.9. The zero-order valence-corrected chi connectivity index (χ0v) is 32.4. The van der Waals surface area contributed by atoms with Crippen molar-refractivity contribution in [2.24, 2.45) is 52.7 Å². The van der Waals surface area contributed by atoms with Crippen LogP contribution in [-0.4, -0.2) is 50.8 Å². The Hall–Kier alpha value is -4.26. The second-order valence-electron chi connectivity index (χ2n) is 15.6. The summed E-state index contributed by atoms with van der Waals surface area (Å²) in [4.78, 5) is 48.0. The van der Waals surface area contributed by atoms with E-state index < -0.39 is 0 Å². The van der Waals surface area contributed by atoms with E-state index in [0.29, 0.717) is 17.8 Å². The molecule has 3 saturated carbocycles. The van der Waals surface area contributed by atoms with Crippen molar-refractivity contribution in [1.82, 2.24) is 15.0 Å². The molecular formula is C42H63N9O3. The monoisotopic (exact) mass is 742 g/mol. The average Bonchev–Trinajstić information content (AvgIpc) is 3.19. The number of anilines is 3. The molecule has 3 aliphatic rings. The largest absolute Gasteiger partial charge is 0.328 e. The predicted molar refractivity (Wildman–Crippen MR) is 216 cm³/mol. The molecule has 12 heteroatoms. The molecule has 0 aromatic carbocycles. The van der Waals surface area contributed by atoms with Crippen molar-refractivity contribution in [3.8, 4) is 0 Å². The molecule has 0 spiro atoms. The molecule has 54 heavy (non-hydrogen) atoms. The Kier molecular flexibility index (Phi) is 17.5. The number of aromatic nitrogens is 3. The van der Waals surface area contributed by atoms with Crippen LogP contribution in [0.15, 0.2) is 73.6 Å². The number of nitrogens with two attached hydrogens (primary N) is 3. The van der Waals surface area contributed by atoms with Gasteiger partial charge in [-0.05, 0) is 152 Å². The molecule has 294 valence electrons. The van der Waals surface area contributed by atoms with E-state index in [1.165, 1.54) is 0 Å². The smallest absolute Gasteiger partial charge is 0.227 e. The molecule has 3 atom stereocenters. The minimum Gasteiger partial charge on any atom is -0.328 e. The first kappa shape index (κ1) is 42.5. The second kappa shape index (κ2) is 22.2. The lowest BCUT2D eigenvalue weighted by Gasteiger charge is -2.29. The normalized spacial score (nSPS) is 25.4. The first-order chi connectivity index (χ1) is 26.0. The summed E-state index contributed by atoms with van der Waals surface area (Å²) in [6.45, 7) is 6.17. The van der Waals surface area contributed by atoms with Crippen LogP contribution in [0, 0.1) is 35.5 Å². The highest BCUT2D eigenvalue weighted by Gasteiger charge is 2.30. The van der Waals surface area contributed by atoms with Gasteiger partial charge in [-0.2, -0.15) is 0 Å². The molecule has 3 amide bonds. The molecule has 3 aromatic rings. The third-order valence-corrected chi connectivity index (χ3v) is 11.5. The van der Waals surface area contributed by atoms with Crippen LogP contribution >= 0.6 is 0 Å². The standard InChI is InChI=1S/3C14H21N3O/c3*1-10(15)11-2-4-12(5-3-11)14(18)17-13-6-8-16-9-7-13/h3*6-12H,2-5,15H2,1H3,(H,16,17,18)/t3*10-,11?,12?/m111/s1.